The van der Waals surface area contributed by atoms with Crippen LogP contribution in [-0.2, 0) is 9.53 Å². The smallest absolute Gasteiger partial charge is 0.340 e. The van der Waals surface area contributed by atoms with Gasteiger partial charge in [-0.3, -0.25) is 4.79 Å². The van der Waals surface area contributed by atoms with E-state index in [0.717, 1.165) is 21.5 Å². The summed E-state index contributed by atoms with van der Waals surface area (Å²) in [4.78, 5) is 29.5. The van der Waals surface area contributed by atoms with Crippen molar-refractivity contribution in [1.82, 2.24) is 4.98 Å². The van der Waals surface area contributed by atoms with Crippen LogP contribution in [0.5, 0.6) is 0 Å². The van der Waals surface area contributed by atoms with Crippen molar-refractivity contribution < 1.29 is 14.3 Å². The number of halogens is 1. The van der Waals surface area contributed by atoms with E-state index in [1.807, 2.05) is 54.6 Å². The molecule has 1 heterocycles. The Morgan fingerprint density at radius 1 is 0.966 bits per heavy atom. The Balaban J connectivity index is 1.62. The van der Waals surface area contributed by atoms with Crippen LogP contribution in [0.15, 0.2) is 72.9 Å². The third kappa shape index (κ3) is 3.91. The Morgan fingerprint density at radius 2 is 1.59 bits per heavy atom. The minimum absolute atomic E-state index is 0.331. The number of rotatable bonds is 4. The Labute approximate surface area is 172 Å². The largest absolute Gasteiger partial charge is 0.449 e. The predicted molar refractivity (Wildman–Crippen MR) is 114 cm³/mol. The molecule has 0 fully saturated rings. The number of fused-ring (bicyclic) bond motifs is 2. The molecule has 0 spiro atoms. The van der Waals surface area contributed by atoms with Crippen LogP contribution in [0.2, 0.25) is 5.02 Å². The normalized spacial score (nSPS) is 11.9. The fourth-order valence-corrected chi connectivity index (χ4v) is 3.30. The molecule has 4 aromatic rings. The molecule has 5 nitrogen and oxygen atoms in total. The number of hydrogen-bond acceptors (Lipinski definition) is 4. The lowest BCUT2D eigenvalue weighted by atomic mass is 9.97. The van der Waals surface area contributed by atoms with Crippen LogP contribution in [0.25, 0.3) is 21.5 Å². The van der Waals surface area contributed by atoms with Crippen molar-refractivity contribution in [2.45, 2.75) is 13.0 Å². The van der Waals surface area contributed by atoms with E-state index in [0.29, 0.717) is 16.4 Å². The van der Waals surface area contributed by atoms with Gasteiger partial charge in [-0.05, 0) is 46.7 Å². The highest BCUT2D eigenvalue weighted by Gasteiger charge is 2.22. The molecule has 1 aromatic heterocycles. The third-order valence-corrected chi connectivity index (χ3v) is 4.83. The second-order valence-corrected chi connectivity index (χ2v) is 7.03. The van der Waals surface area contributed by atoms with E-state index in [1.165, 1.54) is 13.1 Å². The summed E-state index contributed by atoms with van der Waals surface area (Å²) in [7, 11) is 0. The van der Waals surface area contributed by atoms with Gasteiger partial charge in [0.1, 0.15) is 5.82 Å². The molecule has 0 aliphatic carbocycles. The van der Waals surface area contributed by atoms with Gasteiger partial charge in [0.05, 0.1) is 10.6 Å². The van der Waals surface area contributed by atoms with Crippen molar-refractivity contribution in [3.8, 4) is 0 Å². The molecule has 0 saturated heterocycles. The maximum atomic E-state index is 13.0. The minimum atomic E-state index is -1.00. The molecule has 144 valence electrons. The zero-order chi connectivity index (χ0) is 20.4. The number of nitrogens with one attached hydrogen (secondary N) is 1. The van der Waals surface area contributed by atoms with Gasteiger partial charge in [0.2, 0.25) is 0 Å². The molecule has 0 aliphatic rings. The summed E-state index contributed by atoms with van der Waals surface area (Å²) in [5.74, 6) is -0.694. The number of carbonyl (C=O) groups is 2. The highest BCUT2D eigenvalue weighted by atomic mass is 35.5. The first-order valence-electron chi connectivity index (χ1n) is 9.07. The van der Waals surface area contributed by atoms with Gasteiger partial charge in [0, 0.05) is 6.20 Å². The van der Waals surface area contributed by atoms with Gasteiger partial charge in [-0.25, -0.2) is 9.78 Å². The lowest BCUT2D eigenvalue weighted by Crippen LogP contribution is -2.30. The van der Waals surface area contributed by atoms with Gasteiger partial charge >= 0.3 is 5.97 Å². The fourth-order valence-electron chi connectivity index (χ4n) is 3.18. The van der Waals surface area contributed by atoms with Crippen LogP contribution in [0.3, 0.4) is 0 Å². The van der Waals surface area contributed by atoms with E-state index >= 15 is 0 Å². The van der Waals surface area contributed by atoms with Gasteiger partial charge in [0.15, 0.2) is 6.10 Å². The van der Waals surface area contributed by atoms with Gasteiger partial charge in [0.25, 0.3) is 5.91 Å². The standard InChI is InChI=1S/C23H17ClN2O3/c1-14(22(27)26-20-11-10-17(24)13-25-20)29-23(28)21-18-8-4-2-6-15(18)12-16-7-3-5-9-19(16)21/h2-14H,1H3,(H,25,26,27)/t14-/m1/s1. The second kappa shape index (κ2) is 7.89. The molecular weight excluding hydrogens is 388 g/mol. The van der Waals surface area contributed by atoms with Crippen molar-refractivity contribution in [2.24, 2.45) is 0 Å². The molecule has 29 heavy (non-hydrogen) atoms. The third-order valence-electron chi connectivity index (χ3n) is 4.61. The average Bonchev–Trinajstić information content (AvgIpc) is 2.73. The molecule has 1 atom stereocenters. The van der Waals surface area contributed by atoms with Crippen molar-refractivity contribution in [1.29, 1.82) is 0 Å². The first kappa shape index (κ1) is 18.9. The maximum absolute atomic E-state index is 13.0. The molecule has 0 radical (unpaired) electrons. The highest BCUT2D eigenvalue weighted by Crippen LogP contribution is 2.29. The molecule has 6 heteroatoms. The molecular formula is C23H17ClN2O3. The molecule has 3 aromatic carbocycles. The number of anilines is 1. The summed E-state index contributed by atoms with van der Waals surface area (Å²) in [6.45, 7) is 1.52. The Kier molecular flexibility index (Phi) is 5.14. The van der Waals surface area contributed by atoms with Crippen LogP contribution in [0.1, 0.15) is 17.3 Å². The first-order valence-corrected chi connectivity index (χ1v) is 9.44. The number of carbonyl (C=O) groups excluding carboxylic acids is 2. The van der Waals surface area contributed by atoms with Gasteiger partial charge in [-0.1, -0.05) is 60.1 Å². The minimum Gasteiger partial charge on any atom is -0.449 e. The fraction of sp³-hybridized carbons (Fsp3) is 0.0870. The molecule has 4 rings (SSSR count). The number of aromatic nitrogens is 1. The molecule has 0 bridgehead atoms. The molecule has 0 unspecified atom stereocenters. The van der Waals surface area contributed by atoms with Crippen LogP contribution < -0.4 is 5.32 Å². The van der Waals surface area contributed by atoms with E-state index in [9.17, 15) is 9.59 Å². The van der Waals surface area contributed by atoms with Crippen LogP contribution in [0.4, 0.5) is 5.82 Å². The molecule has 1 amide bonds. The topological polar surface area (TPSA) is 68.3 Å². The summed E-state index contributed by atoms with van der Waals surface area (Å²) in [5, 5.41) is 6.50. The van der Waals surface area contributed by atoms with Crippen LogP contribution in [-0.4, -0.2) is 23.0 Å². The summed E-state index contributed by atoms with van der Waals surface area (Å²) in [5.41, 5.74) is 0.447. The van der Waals surface area contributed by atoms with Gasteiger partial charge in [-0.15, -0.1) is 0 Å². The molecule has 1 N–H and O–H groups in total. The predicted octanol–water partition coefficient (Wildman–Crippen LogP) is 5.23. The van der Waals surface area contributed by atoms with E-state index in [2.05, 4.69) is 10.3 Å². The van der Waals surface area contributed by atoms with Crippen molar-refractivity contribution in [3.05, 3.63) is 83.5 Å². The molecule has 0 saturated carbocycles. The van der Waals surface area contributed by atoms with Gasteiger partial charge < -0.3 is 10.1 Å². The summed E-state index contributed by atoms with van der Waals surface area (Å²) in [6, 6.07) is 20.4. The zero-order valence-corrected chi connectivity index (χ0v) is 16.3. The lowest BCUT2D eigenvalue weighted by Gasteiger charge is -2.15. The van der Waals surface area contributed by atoms with E-state index in [1.54, 1.807) is 12.1 Å². The number of hydrogen-bond donors (Lipinski definition) is 1. The quantitative estimate of drug-likeness (QED) is 0.373. The van der Waals surface area contributed by atoms with Gasteiger partial charge in [-0.2, -0.15) is 0 Å². The number of ether oxygens (including phenoxy) is 1. The number of amides is 1. The number of pyridine rings is 1. The Morgan fingerprint density at radius 3 is 2.17 bits per heavy atom. The number of esters is 1. The number of benzene rings is 3. The molecule has 0 aliphatic heterocycles. The van der Waals surface area contributed by atoms with Crippen molar-refractivity contribution >= 4 is 50.8 Å². The number of nitrogens with zero attached hydrogens (tertiary/aromatic N) is 1. The van der Waals surface area contributed by atoms with Crippen molar-refractivity contribution in [2.75, 3.05) is 5.32 Å². The zero-order valence-electron chi connectivity index (χ0n) is 15.6. The second-order valence-electron chi connectivity index (χ2n) is 6.59. The van der Waals surface area contributed by atoms with Crippen molar-refractivity contribution in [3.63, 3.8) is 0 Å². The first-order chi connectivity index (χ1) is 14.0. The monoisotopic (exact) mass is 404 g/mol. The Hall–Kier alpha value is -3.44. The lowest BCUT2D eigenvalue weighted by molar-refractivity contribution is -0.123. The van der Waals surface area contributed by atoms with Crippen LogP contribution in [0, 0.1) is 0 Å². The summed E-state index contributed by atoms with van der Waals surface area (Å²) < 4.78 is 5.51. The Bertz CT molecular complexity index is 1170. The average molecular weight is 405 g/mol. The highest BCUT2D eigenvalue weighted by molar-refractivity contribution is 6.30. The SMILES string of the molecule is C[C@@H](OC(=O)c1c2ccccc2cc2ccccc12)C(=O)Nc1ccc(Cl)cn1. The van der Waals surface area contributed by atoms with E-state index < -0.39 is 18.0 Å². The maximum Gasteiger partial charge on any atom is 0.340 e. The van der Waals surface area contributed by atoms with E-state index in [4.69, 9.17) is 16.3 Å². The van der Waals surface area contributed by atoms with Crippen LogP contribution >= 0.6 is 11.6 Å². The summed E-state index contributed by atoms with van der Waals surface area (Å²) >= 11 is 5.80. The van der Waals surface area contributed by atoms with E-state index in [-0.39, 0.29) is 0 Å². The summed E-state index contributed by atoms with van der Waals surface area (Å²) in [6.07, 6.45) is 0.425.